The molecule has 1 fully saturated rings. The van der Waals surface area contributed by atoms with Crippen LogP contribution in [0.4, 0.5) is 0 Å². The van der Waals surface area contributed by atoms with E-state index in [1.807, 2.05) is 13.8 Å². The summed E-state index contributed by atoms with van der Waals surface area (Å²) in [4.78, 5) is 0. The molecule has 1 rings (SSSR count). The Morgan fingerprint density at radius 2 is 1.73 bits per heavy atom. The zero-order valence-corrected chi connectivity index (χ0v) is 6.66. The molecule has 0 aromatic rings. The summed E-state index contributed by atoms with van der Waals surface area (Å²) in [6, 6.07) is 0. The largest absolute Gasteiger partial charge is 0.792 e. The van der Waals surface area contributed by atoms with Crippen molar-refractivity contribution in [2.45, 2.75) is 32.3 Å². The highest BCUT2D eigenvalue weighted by molar-refractivity contribution is 5.64. The highest BCUT2D eigenvalue weighted by Crippen LogP contribution is 1.91. The van der Waals surface area contributed by atoms with Crippen molar-refractivity contribution >= 4 is 6.21 Å². The summed E-state index contributed by atoms with van der Waals surface area (Å²) >= 11 is 0. The van der Waals surface area contributed by atoms with Gasteiger partial charge in [-0.05, 0) is 13.8 Å². The summed E-state index contributed by atoms with van der Waals surface area (Å²) < 4.78 is 0. The molecule has 1 aliphatic rings. The minimum atomic E-state index is -0.112. The van der Waals surface area contributed by atoms with Gasteiger partial charge in [0, 0.05) is 6.21 Å². The number of hydrogen-bond donors (Lipinski definition) is 3. The molecule has 0 spiro atoms. The quantitative estimate of drug-likeness (QED) is 0.349. The summed E-state index contributed by atoms with van der Waals surface area (Å²) in [5, 5.41) is 21.9. The minimum absolute atomic E-state index is 0.112. The van der Waals surface area contributed by atoms with Crippen LogP contribution in [0.15, 0.2) is 5.16 Å². The van der Waals surface area contributed by atoms with Crippen molar-refractivity contribution in [1.29, 1.82) is 0 Å². The van der Waals surface area contributed by atoms with Gasteiger partial charge in [0.2, 0.25) is 0 Å². The average Bonchev–Trinajstić information content (AvgIpc) is 1.85. The molecular weight excluding hydrogens is 144 g/mol. The Hall–Kier alpha value is -0.650. The second kappa shape index (κ2) is 3.66. The van der Waals surface area contributed by atoms with Gasteiger partial charge in [0.05, 0.1) is 18.5 Å². The van der Waals surface area contributed by atoms with E-state index in [0.29, 0.717) is 0 Å². The first-order chi connectivity index (χ1) is 5.22. The second-order valence-corrected chi connectivity index (χ2v) is 2.68. The summed E-state index contributed by atoms with van der Waals surface area (Å²) in [5.74, 6) is 0. The molecule has 0 aromatic carbocycles. The Labute approximate surface area is 65.9 Å². The Balaban J connectivity index is 2.42. The highest BCUT2D eigenvalue weighted by Gasteiger charge is 2.18. The summed E-state index contributed by atoms with van der Waals surface area (Å²) in [6.45, 7) is 3.98. The van der Waals surface area contributed by atoms with Crippen LogP contribution < -0.4 is 16.0 Å². The van der Waals surface area contributed by atoms with E-state index in [-0.39, 0.29) is 18.5 Å². The number of nitrogens with zero attached hydrogens (tertiary/aromatic N) is 1. The van der Waals surface area contributed by atoms with Crippen LogP contribution in [-0.2, 0) is 0 Å². The maximum absolute atomic E-state index is 9.88. The molecule has 1 heterocycles. The van der Waals surface area contributed by atoms with Gasteiger partial charge < -0.3 is 10.4 Å². The van der Waals surface area contributed by atoms with E-state index in [4.69, 9.17) is 0 Å². The smallest absolute Gasteiger partial charge is 0.0955 e. The molecule has 0 aromatic heterocycles. The number of nitrogens with one attached hydrogen (secondary N) is 3. The van der Waals surface area contributed by atoms with Crippen LogP contribution >= 0.6 is 0 Å². The zero-order valence-electron chi connectivity index (χ0n) is 6.66. The lowest BCUT2D eigenvalue weighted by Gasteiger charge is -2.33. The lowest BCUT2D eigenvalue weighted by Crippen LogP contribution is -2.65. The molecule has 5 nitrogen and oxygen atoms in total. The maximum atomic E-state index is 9.88. The zero-order chi connectivity index (χ0) is 8.27. The van der Waals surface area contributed by atoms with Crippen molar-refractivity contribution in [2.24, 2.45) is 5.16 Å². The van der Waals surface area contributed by atoms with Crippen LogP contribution in [0.5, 0.6) is 0 Å². The molecule has 11 heavy (non-hydrogen) atoms. The topological polar surface area (TPSA) is 71.5 Å². The fourth-order valence-electron chi connectivity index (χ4n) is 1.20. The van der Waals surface area contributed by atoms with Crippen molar-refractivity contribution in [3.05, 3.63) is 5.21 Å². The average molecular weight is 157 g/mol. The molecule has 64 valence electrons. The van der Waals surface area contributed by atoms with Gasteiger partial charge in [-0.3, -0.25) is 16.0 Å². The first-order valence-corrected chi connectivity index (χ1v) is 3.66. The number of rotatable bonds is 1. The normalized spacial score (nSPS) is 39.6. The van der Waals surface area contributed by atoms with Gasteiger partial charge in [0.25, 0.3) is 0 Å². The van der Waals surface area contributed by atoms with Crippen molar-refractivity contribution in [2.75, 3.05) is 0 Å². The predicted molar refractivity (Wildman–Crippen MR) is 44.0 cm³/mol. The fraction of sp³-hybridized carbons (Fsp3) is 0.833. The third-order valence-electron chi connectivity index (χ3n) is 1.57. The van der Waals surface area contributed by atoms with Gasteiger partial charge in [0.15, 0.2) is 0 Å². The molecule has 3 N–H and O–H groups in total. The summed E-state index contributed by atoms with van der Waals surface area (Å²) in [6.07, 6.45) is 1.61. The van der Waals surface area contributed by atoms with Crippen LogP contribution in [0.1, 0.15) is 13.8 Å². The van der Waals surface area contributed by atoms with Crippen molar-refractivity contribution < 1.29 is 0 Å². The Kier molecular flexibility index (Phi) is 2.81. The second-order valence-electron chi connectivity index (χ2n) is 2.68. The third-order valence-corrected chi connectivity index (χ3v) is 1.57. The van der Waals surface area contributed by atoms with E-state index in [2.05, 4.69) is 21.1 Å². The van der Waals surface area contributed by atoms with Crippen molar-refractivity contribution in [3.8, 4) is 0 Å². The van der Waals surface area contributed by atoms with Crippen LogP contribution in [-0.4, -0.2) is 24.7 Å². The van der Waals surface area contributed by atoms with Gasteiger partial charge >= 0.3 is 0 Å². The SMILES string of the molecule is CC1NC(C)NC(C=N[O-])N1. The summed E-state index contributed by atoms with van der Waals surface area (Å²) in [7, 11) is 0. The van der Waals surface area contributed by atoms with E-state index >= 15 is 0 Å². The van der Waals surface area contributed by atoms with Crippen molar-refractivity contribution in [3.63, 3.8) is 0 Å². The molecular formula is C6H13N4O-. The van der Waals surface area contributed by atoms with Crippen LogP contribution in [0.3, 0.4) is 0 Å². The van der Waals surface area contributed by atoms with E-state index in [9.17, 15) is 5.21 Å². The highest BCUT2D eigenvalue weighted by atomic mass is 16.4. The lowest BCUT2D eigenvalue weighted by molar-refractivity contribution is 0.262. The predicted octanol–water partition coefficient (Wildman–Crippen LogP) is -0.644. The fourth-order valence-corrected chi connectivity index (χ4v) is 1.20. The molecule has 0 amide bonds. The molecule has 0 aliphatic carbocycles. The maximum Gasteiger partial charge on any atom is 0.0955 e. The standard InChI is InChI=1S/C6H14N4O/c1-4-8-5(2)10-6(9-4)3-7-11/h3-6,8-11H,1-2H3/p-1. The lowest BCUT2D eigenvalue weighted by atomic mass is 10.3. The summed E-state index contributed by atoms with van der Waals surface area (Å²) in [5.41, 5.74) is 0. The van der Waals surface area contributed by atoms with Crippen LogP contribution in [0.2, 0.25) is 0 Å². The van der Waals surface area contributed by atoms with E-state index in [0.717, 1.165) is 0 Å². The minimum Gasteiger partial charge on any atom is -0.792 e. The Morgan fingerprint density at radius 3 is 2.18 bits per heavy atom. The molecule has 0 radical (unpaired) electrons. The van der Waals surface area contributed by atoms with Gasteiger partial charge in [-0.25, -0.2) is 0 Å². The molecule has 2 unspecified atom stereocenters. The van der Waals surface area contributed by atoms with E-state index in [1.165, 1.54) is 6.21 Å². The van der Waals surface area contributed by atoms with Gasteiger partial charge in [-0.1, -0.05) is 0 Å². The molecule has 5 heteroatoms. The van der Waals surface area contributed by atoms with E-state index in [1.54, 1.807) is 0 Å². The molecule has 0 saturated carbocycles. The first kappa shape index (κ1) is 8.45. The first-order valence-electron chi connectivity index (χ1n) is 3.66. The molecule has 1 saturated heterocycles. The Bertz CT molecular complexity index is 140. The monoisotopic (exact) mass is 157 g/mol. The molecule has 0 bridgehead atoms. The van der Waals surface area contributed by atoms with Gasteiger partial charge in [-0.2, -0.15) is 0 Å². The van der Waals surface area contributed by atoms with Gasteiger partial charge in [0.1, 0.15) is 0 Å². The molecule has 1 aliphatic heterocycles. The van der Waals surface area contributed by atoms with Crippen molar-refractivity contribution in [1.82, 2.24) is 16.0 Å². The third kappa shape index (κ3) is 2.45. The van der Waals surface area contributed by atoms with E-state index < -0.39 is 0 Å². The molecule has 2 atom stereocenters. The van der Waals surface area contributed by atoms with Gasteiger partial charge in [-0.15, -0.1) is 0 Å². The Morgan fingerprint density at radius 1 is 1.18 bits per heavy atom. The van der Waals surface area contributed by atoms with Crippen LogP contribution in [0.25, 0.3) is 0 Å². The number of hydrogen-bond acceptors (Lipinski definition) is 5. The van der Waals surface area contributed by atoms with Crippen LogP contribution in [0, 0.1) is 5.21 Å².